The second-order valence-electron chi connectivity index (χ2n) is 22.4. The summed E-state index contributed by atoms with van der Waals surface area (Å²) in [5.74, 6) is 1.04. The topological polar surface area (TPSA) is 375 Å². The van der Waals surface area contributed by atoms with E-state index >= 15 is 0 Å². The Morgan fingerprint density at radius 2 is 1.41 bits per heavy atom. The fraction of sp³-hybridized carbons (Fsp3) is 0.812. The number of azide groups is 2. The standard InChI is InChI=1S/C48H74N13O13P/c1-25(30-7-8-31-42-32(18-38(64)48(30,31)5)47(4)11-10-29(62)16-28(47)17-35(42)63)6-9-39(65)52-14-12-51-13-15-53-75(70,71-23-36-33(56-58-49)19-40(73-36)60-21-26(2)43(66)54-45(60)68)72-24-37-34(57-59-50)20-41(74-37)61-22-27(3)44(67)55-46(61)69/h21-22,25,28-38,40-42,51,62-64H,6-20,23-24H2,1-5H3,(H,52,65)(H,53,70)(H,54,66,68)(H,55,67,69)/t25?,28-,29+,30+,31-,32-,33-,34-,35+,36+,37+,38-,40+,41+,42-,47-,48+/m0/s1. The van der Waals surface area contributed by atoms with Gasteiger partial charge in [-0.25, -0.2) is 19.2 Å². The lowest BCUT2D eigenvalue weighted by atomic mass is 9.43. The third-order valence-corrected chi connectivity index (χ3v) is 19.7. The van der Waals surface area contributed by atoms with E-state index < -0.39 is 92.4 Å². The van der Waals surface area contributed by atoms with Gasteiger partial charge in [-0.2, -0.15) is 0 Å². The van der Waals surface area contributed by atoms with Gasteiger partial charge < -0.3 is 35.4 Å². The van der Waals surface area contributed by atoms with Crippen LogP contribution in [0.5, 0.6) is 0 Å². The molecule has 2 saturated heterocycles. The second-order valence-corrected chi connectivity index (χ2v) is 24.2. The second kappa shape index (κ2) is 23.5. The van der Waals surface area contributed by atoms with Gasteiger partial charge in [-0.15, -0.1) is 0 Å². The first-order valence-electron chi connectivity index (χ1n) is 26.4. The minimum Gasteiger partial charge on any atom is -0.393 e. The van der Waals surface area contributed by atoms with Crippen molar-refractivity contribution in [2.75, 3.05) is 39.4 Å². The molecule has 8 rings (SSSR count). The number of hydrogen-bond donors (Lipinski definition) is 8. The molecule has 6 aliphatic rings. The largest absolute Gasteiger partial charge is 0.405 e. The molecule has 0 radical (unpaired) electrons. The molecule has 8 N–H and O–H groups in total. The van der Waals surface area contributed by atoms with Crippen LogP contribution in [0.2, 0.25) is 0 Å². The van der Waals surface area contributed by atoms with E-state index in [2.05, 4.69) is 66.5 Å². The molecular formula is C48H74N13O13P. The molecule has 2 aromatic rings. The van der Waals surface area contributed by atoms with Crippen LogP contribution in [-0.2, 0) is 27.9 Å². The van der Waals surface area contributed by atoms with Gasteiger partial charge >= 0.3 is 19.1 Å². The average molecular weight is 1070 g/mol. The number of carbonyl (C=O) groups is 1. The van der Waals surface area contributed by atoms with E-state index in [1.807, 2.05) is 0 Å². The number of fused-ring (bicyclic) bond motifs is 5. The van der Waals surface area contributed by atoms with Gasteiger partial charge in [-0.3, -0.25) is 42.5 Å². The number of aromatic nitrogens is 4. The first-order chi connectivity index (χ1) is 35.7. The molecule has 0 aromatic carbocycles. The number of nitrogens with zero attached hydrogens (tertiary/aromatic N) is 8. The number of H-pyrrole nitrogens is 2. The lowest BCUT2D eigenvalue weighted by Crippen LogP contribution is -2.62. The fourth-order valence-corrected chi connectivity index (χ4v) is 15.3. The number of aryl methyl sites for hydroxylation is 2. The Labute approximate surface area is 432 Å². The highest BCUT2D eigenvalue weighted by Crippen LogP contribution is 2.68. The molecule has 17 atom stereocenters. The zero-order chi connectivity index (χ0) is 54.0. The quantitative estimate of drug-likeness (QED) is 0.0292. The molecule has 26 nitrogen and oxygen atoms in total. The number of hydrogen-bond acceptors (Lipinski definition) is 16. The van der Waals surface area contributed by atoms with Gasteiger partial charge in [0.05, 0.1) is 55.8 Å². The van der Waals surface area contributed by atoms with E-state index in [1.54, 1.807) is 0 Å². The minimum atomic E-state index is -4.34. The summed E-state index contributed by atoms with van der Waals surface area (Å²) in [5, 5.41) is 50.6. The predicted molar refractivity (Wildman–Crippen MR) is 271 cm³/mol. The van der Waals surface area contributed by atoms with Crippen molar-refractivity contribution in [2.45, 2.75) is 160 Å². The van der Waals surface area contributed by atoms with Gasteiger partial charge in [0.25, 0.3) is 11.1 Å². The first-order valence-corrected chi connectivity index (χ1v) is 27.9. The number of rotatable bonds is 21. The SMILES string of the molecule is Cc1cn([C@H]2C[C@H](N=[N+]=[N-])[C@@H](COP(=O)(NCCNCCNC(=O)CCC(C)[C@H]3CC[C@H]4[C@@H]5[C@H](O)C[C@@H]6C[C@H](O)CC[C@]6(C)[C@H]5C[C@H](O)[C@]34C)OC[C@H]3O[C@@H](n4cc(C)c(=O)[nH]c4=O)C[C@@H]3N=[N+]=[N-])O2)c(=O)[nH]c1=O. The average Bonchev–Trinajstić information content (AvgIpc) is 4.12. The van der Waals surface area contributed by atoms with Crippen molar-refractivity contribution in [3.63, 3.8) is 0 Å². The van der Waals surface area contributed by atoms with Crippen molar-refractivity contribution in [1.82, 2.24) is 34.8 Å². The van der Waals surface area contributed by atoms with Gasteiger partial charge in [-0.05, 0) is 123 Å². The van der Waals surface area contributed by atoms with E-state index in [1.165, 1.54) is 26.2 Å². The Kier molecular flexibility index (Phi) is 17.7. The van der Waals surface area contributed by atoms with Crippen LogP contribution < -0.4 is 38.2 Å². The van der Waals surface area contributed by atoms with Gasteiger partial charge in [0.1, 0.15) is 12.5 Å². The van der Waals surface area contributed by atoms with E-state index in [0.29, 0.717) is 45.2 Å². The highest BCUT2D eigenvalue weighted by molar-refractivity contribution is 7.51. The maximum Gasteiger partial charge on any atom is 0.405 e. The van der Waals surface area contributed by atoms with Crippen molar-refractivity contribution in [2.24, 2.45) is 56.6 Å². The number of aromatic amines is 2. The third-order valence-electron chi connectivity index (χ3n) is 18.1. The molecular weight excluding hydrogens is 998 g/mol. The Balaban J connectivity index is 0.836. The van der Waals surface area contributed by atoms with Crippen LogP contribution in [0.4, 0.5) is 0 Å². The molecule has 414 valence electrons. The number of carbonyl (C=O) groups excluding carboxylic acids is 1. The monoisotopic (exact) mass is 1070 g/mol. The van der Waals surface area contributed by atoms with Crippen LogP contribution in [0.15, 0.2) is 41.8 Å². The number of nitrogens with one attached hydrogen (secondary N) is 5. The van der Waals surface area contributed by atoms with Crippen LogP contribution in [0, 0.1) is 60.2 Å². The summed E-state index contributed by atoms with van der Waals surface area (Å²) in [6.45, 7) is 9.70. The van der Waals surface area contributed by atoms with Crippen LogP contribution in [0.1, 0.15) is 115 Å². The van der Waals surface area contributed by atoms with Gasteiger partial charge in [-0.1, -0.05) is 31.0 Å². The lowest BCUT2D eigenvalue weighted by molar-refractivity contribution is -0.207. The van der Waals surface area contributed by atoms with E-state index in [9.17, 15) is 54.9 Å². The summed E-state index contributed by atoms with van der Waals surface area (Å²) in [5.41, 5.74) is 16.2. The van der Waals surface area contributed by atoms with Crippen LogP contribution in [0.25, 0.3) is 20.9 Å². The first kappa shape index (κ1) is 56.5. The molecule has 4 heterocycles. The zero-order valence-corrected chi connectivity index (χ0v) is 44.2. The van der Waals surface area contributed by atoms with Crippen molar-refractivity contribution < 1.29 is 43.2 Å². The summed E-state index contributed by atoms with van der Waals surface area (Å²) in [6.07, 6.45) is 3.95. The summed E-state index contributed by atoms with van der Waals surface area (Å²) in [6, 6.07) is -1.79. The Morgan fingerprint density at radius 3 is 1.99 bits per heavy atom. The third kappa shape index (κ3) is 11.9. The predicted octanol–water partition coefficient (Wildman–Crippen LogP) is 3.45. The maximum absolute atomic E-state index is 14.5. The molecule has 6 fully saturated rings. The molecule has 27 heteroatoms. The molecule has 1 amide bonds. The van der Waals surface area contributed by atoms with E-state index in [0.717, 1.165) is 34.8 Å². The number of aliphatic hydroxyl groups is 3. The van der Waals surface area contributed by atoms with Crippen molar-refractivity contribution >= 4 is 13.7 Å². The molecule has 4 saturated carbocycles. The number of aliphatic hydroxyl groups excluding tert-OH is 3. The minimum absolute atomic E-state index is 0.00499. The van der Waals surface area contributed by atoms with Crippen molar-refractivity contribution in [3.05, 3.63) is 86.1 Å². The van der Waals surface area contributed by atoms with Crippen LogP contribution >= 0.6 is 7.75 Å². The summed E-state index contributed by atoms with van der Waals surface area (Å²) >= 11 is 0. The number of ether oxygens (including phenoxy) is 2. The molecule has 2 aromatic heterocycles. The normalized spacial score (nSPS) is 36.3. The zero-order valence-electron chi connectivity index (χ0n) is 43.3. The van der Waals surface area contributed by atoms with Crippen LogP contribution in [0.3, 0.4) is 0 Å². The highest BCUT2D eigenvalue weighted by atomic mass is 31.2. The Hall–Kier alpha value is -4.68. The Bertz CT molecular complexity index is 2660. The summed E-state index contributed by atoms with van der Waals surface area (Å²) in [7, 11) is -4.34. The van der Waals surface area contributed by atoms with Gasteiger partial charge in [0, 0.05) is 78.8 Å². The van der Waals surface area contributed by atoms with E-state index in [4.69, 9.17) is 18.5 Å². The lowest BCUT2D eigenvalue weighted by Gasteiger charge is -2.63. The Morgan fingerprint density at radius 1 is 0.840 bits per heavy atom. The summed E-state index contributed by atoms with van der Waals surface area (Å²) in [4.78, 5) is 72.9. The van der Waals surface area contributed by atoms with Gasteiger partial charge in [0.2, 0.25) is 5.91 Å². The maximum atomic E-state index is 14.5. The molecule has 75 heavy (non-hydrogen) atoms. The smallest absolute Gasteiger partial charge is 0.393 e. The molecule has 2 aliphatic heterocycles. The van der Waals surface area contributed by atoms with Crippen LogP contribution in [-0.4, -0.2) is 122 Å². The molecule has 0 spiro atoms. The number of amides is 1. The molecule has 0 bridgehead atoms. The fourth-order valence-electron chi connectivity index (χ4n) is 14.0. The summed E-state index contributed by atoms with van der Waals surface area (Å²) < 4.78 is 40.7. The molecule has 4 aliphatic carbocycles. The van der Waals surface area contributed by atoms with Crippen molar-refractivity contribution in [1.29, 1.82) is 0 Å². The van der Waals surface area contributed by atoms with Gasteiger partial charge in [0.15, 0.2) is 0 Å². The van der Waals surface area contributed by atoms with E-state index in [-0.39, 0.29) is 95.4 Å². The highest BCUT2D eigenvalue weighted by Gasteiger charge is 2.65. The molecule has 1 unspecified atom stereocenters. The van der Waals surface area contributed by atoms with Crippen molar-refractivity contribution in [3.8, 4) is 0 Å².